The summed E-state index contributed by atoms with van der Waals surface area (Å²) in [6.45, 7) is 1.72. The lowest BCUT2D eigenvalue weighted by molar-refractivity contribution is -0.143. The molecule has 0 aliphatic heterocycles. The molecule has 1 unspecified atom stereocenters. The maximum Gasteiger partial charge on any atom is 0.327 e. The van der Waals surface area contributed by atoms with E-state index in [-0.39, 0.29) is 25.6 Å². The predicted octanol–water partition coefficient (Wildman–Crippen LogP) is 0.200. The molecule has 0 radical (unpaired) electrons. The molecule has 0 aromatic carbocycles. The van der Waals surface area contributed by atoms with Gasteiger partial charge in [0.1, 0.15) is 12.6 Å². The molecule has 1 aliphatic rings. The van der Waals surface area contributed by atoms with Gasteiger partial charge in [-0.05, 0) is 19.8 Å². The Kier molecular flexibility index (Phi) is 5.84. The van der Waals surface area contributed by atoms with Gasteiger partial charge < -0.3 is 20.1 Å². The van der Waals surface area contributed by atoms with Crippen molar-refractivity contribution in [2.24, 2.45) is 0 Å². The molecule has 1 saturated carbocycles. The number of nitrogens with one attached hydrogen (secondary N) is 1. The molecule has 110 valence electrons. The minimum atomic E-state index is -1.21. The number of ether oxygens (including phenoxy) is 1. The minimum absolute atomic E-state index is 0.0420. The van der Waals surface area contributed by atoms with E-state index in [4.69, 9.17) is 16.3 Å². The Balaban J connectivity index is 2.62. The van der Waals surface area contributed by atoms with Crippen LogP contribution in [-0.4, -0.2) is 53.2 Å². The Labute approximate surface area is 117 Å². The van der Waals surface area contributed by atoms with Gasteiger partial charge in [-0.15, -0.1) is 12.3 Å². The van der Waals surface area contributed by atoms with Gasteiger partial charge in [-0.25, -0.2) is 9.59 Å². The number of carboxylic acid groups (broad SMARTS) is 1. The summed E-state index contributed by atoms with van der Waals surface area (Å²) in [7, 11) is 0. The van der Waals surface area contributed by atoms with Gasteiger partial charge in [-0.1, -0.05) is 0 Å². The van der Waals surface area contributed by atoms with Gasteiger partial charge in [0.05, 0.1) is 6.61 Å². The Bertz CT molecular complexity index is 425. The lowest BCUT2D eigenvalue weighted by atomic mass is 10.2. The van der Waals surface area contributed by atoms with Crippen molar-refractivity contribution >= 4 is 18.0 Å². The number of carbonyl (C=O) groups excluding carboxylic acids is 2. The molecule has 7 heteroatoms. The molecule has 2 N–H and O–H groups in total. The fourth-order valence-electron chi connectivity index (χ4n) is 1.65. The van der Waals surface area contributed by atoms with E-state index >= 15 is 0 Å². The molecule has 7 nitrogen and oxygen atoms in total. The zero-order chi connectivity index (χ0) is 15.1. The van der Waals surface area contributed by atoms with Crippen LogP contribution in [0.25, 0.3) is 0 Å². The largest absolute Gasteiger partial charge is 0.480 e. The van der Waals surface area contributed by atoms with Crippen molar-refractivity contribution in [3.05, 3.63) is 0 Å². The standard InChI is InChI=1S/C13H18N2O5/c1-3-5-10(12(17)18)14-13(19)15(9-6-7-9)8-11(16)20-4-2/h1,9-10H,4-8H2,2H3,(H,14,19)(H,17,18). The Morgan fingerprint density at radius 3 is 2.60 bits per heavy atom. The van der Waals surface area contributed by atoms with E-state index in [1.54, 1.807) is 6.92 Å². The molecular formula is C13H18N2O5. The molecule has 1 atom stereocenters. The van der Waals surface area contributed by atoms with Gasteiger partial charge in [0.15, 0.2) is 0 Å². The molecular weight excluding hydrogens is 264 g/mol. The summed E-state index contributed by atoms with van der Waals surface area (Å²) in [5.41, 5.74) is 0. The first-order chi connectivity index (χ1) is 9.49. The van der Waals surface area contributed by atoms with Crippen molar-refractivity contribution in [1.29, 1.82) is 0 Å². The van der Waals surface area contributed by atoms with Crippen LogP contribution in [-0.2, 0) is 14.3 Å². The summed E-state index contributed by atoms with van der Waals surface area (Å²) < 4.78 is 4.79. The summed E-state index contributed by atoms with van der Waals surface area (Å²) in [6, 6.07) is -1.81. The SMILES string of the molecule is C#CCC(NC(=O)N(CC(=O)OCC)C1CC1)C(=O)O. The van der Waals surface area contributed by atoms with Gasteiger partial charge in [-0.3, -0.25) is 4.79 Å². The molecule has 20 heavy (non-hydrogen) atoms. The highest BCUT2D eigenvalue weighted by Gasteiger charge is 2.35. The third-order valence-corrected chi connectivity index (χ3v) is 2.77. The Hall–Kier alpha value is -2.23. The van der Waals surface area contributed by atoms with Crippen LogP contribution in [0.1, 0.15) is 26.2 Å². The second-order valence-corrected chi connectivity index (χ2v) is 4.41. The molecule has 0 heterocycles. The van der Waals surface area contributed by atoms with Crippen LogP contribution in [0.4, 0.5) is 4.79 Å². The molecule has 0 aromatic rings. The number of esters is 1. The maximum absolute atomic E-state index is 12.0. The minimum Gasteiger partial charge on any atom is -0.480 e. The van der Waals surface area contributed by atoms with Crippen molar-refractivity contribution in [3.8, 4) is 12.3 Å². The van der Waals surface area contributed by atoms with E-state index in [2.05, 4.69) is 11.2 Å². The van der Waals surface area contributed by atoms with Crippen molar-refractivity contribution in [3.63, 3.8) is 0 Å². The number of hydrogen-bond donors (Lipinski definition) is 2. The first-order valence-corrected chi connectivity index (χ1v) is 6.38. The van der Waals surface area contributed by atoms with Crippen LogP contribution >= 0.6 is 0 Å². The summed E-state index contributed by atoms with van der Waals surface area (Å²) in [5, 5.41) is 11.3. The topological polar surface area (TPSA) is 95.9 Å². The highest BCUT2D eigenvalue weighted by atomic mass is 16.5. The number of carbonyl (C=O) groups is 3. The molecule has 0 spiro atoms. The van der Waals surface area contributed by atoms with Gasteiger partial charge >= 0.3 is 18.0 Å². The van der Waals surface area contributed by atoms with E-state index in [1.807, 2.05) is 0 Å². The van der Waals surface area contributed by atoms with Gasteiger partial charge in [0.25, 0.3) is 0 Å². The van der Waals surface area contributed by atoms with Gasteiger partial charge in [0.2, 0.25) is 0 Å². The number of urea groups is 1. The number of carboxylic acids is 1. The third kappa shape index (κ3) is 4.80. The summed E-state index contributed by atoms with van der Waals surface area (Å²) in [5.74, 6) is 0.473. The molecule has 1 aliphatic carbocycles. The maximum atomic E-state index is 12.0. The lowest BCUT2D eigenvalue weighted by Crippen LogP contribution is -2.50. The number of hydrogen-bond acceptors (Lipinski definition) is 4. The smallest absolute Gasteiger partial charge is 0.327 e. The second kappa shape index (κ2) is 7.38. The van der Waals surface area contributed by atoms with Crippen molar-refractivity contribution < 1.29 is 24.2 Å². The molecule has 1 rings (SSSR count). The highest BCUT2D eigenvalue weighted by molar-refractivity contribution is 5.85. The normalized spacial score (nSPS) is 14.8. The first kappa shape index (κ1) is 15.8. The number of nitrogens with zero attached hydrogens (tertiary/aromatic N) is 1. The van der Waals surface area contributed by atoms with E-state index < -0.39 is 24.0 Å². The summed E-state index contributed by atoms with van der Waals surface area (Å²) in [6.07, 6.45) is 6.53. The zero-order valence-electron chi connectivity index (χ0n) is 11.3. The number of rotatable bonds is 7. The highest BCUT2D eigenvalue weighted by Crippen LogP contribution is 2.26. The summed E-state index contributed by atoms with van der Waals surface area (Å²) in [4.78, 5) is 35.7. The Morgan fingerprint density at radius 1 is 1.50 bits per heavy atom. The summed E-state index contributed by atoms with van der Waals surface area (Å²) >= 11 is 0. The average molecular weight is 282 g/mol. The Morgan fingerprint density at radius 2 is 2.15 bits per heavy atom. The number of aliphatic carboxylic acids is 1. The number of amides is 2. The molecule has 1 fully saturated rings. The van der Waals surface area contributed by atoms with Crippen LogP contribution in [0, 0.1) is 12.3 Å². The first-order valence-electron chi connectivity index (χ1n) is 6.38. The predicted molar refractivity (Wildman–Crippen MR) is 69.8 cm³/mol. The van der Waals surface area contributed by atoms with Crippen LogP contribution in [0.5, 0.6) is 0 Å². The quantitative estimate of drug-likeness (QED) is 0.513. The van der Waals surface area contributed by atoms with E-state index in [9.17, 15) is 14.4 Å². The second-order valence-electron chi connectivity index (χ2n) is 4.41. The van der Waals surface area contributed by atoms with Crippen molar-refractivity contribution in [2.45, 2.75) is 38.3 Å². The van der Waals surface area contributed by atoms with E-state index in [0.29, 0.717) is 0 Å². The molecule has 0 saturated heterocycles. The van der Waals surface area contributed by atoms with Crippen LogP contribution in [0.2, 0.25) is 0 Å². The van der Waals surface area contributed by atoms with Crippen molar-refractivity contribution in [2.75, 3.05) is 13.2 Å². The van der Waals surface area contributed by atoms with Crippen molar-refractivity contribution in [1.82, 2.24) is 10.2 Å². The van der Waals surface area contributed by atoms with Crippen LogP contribution < -0.4 is 5.32 Å². The molecule has 0 bridgehead atoms. The number of terminal acetylenes is 1. The van der Waals surface area contributed by atoms with E-state index in [1.165, 1.54) is 4.90 Å². The third-order valence-electron chi connectivity index (χ3n) is 2.77. The lowest BCUT2D eigenvalue weighted by Gasteiger charge is -2.23. The van der Waals surface area contributed by atoms with Crippen LogP contribution in [0.15, 0.2) is 0 Å². The van der Waals surface area contributed by atoms with Gasteiger partial charge in [-0.2, -0.15) is 0 Å². The fraction of sp³-hybridized carbons (Fsp3) is 0.615. The monoisotopic (exact) mass is 282 g/mol. The fourth-order valence-corrected chi connectivity index (χ4v) is 1.65. The molecule has 0 aromatic heterocycles. The average Bonchev–Trinajstić information content (AvgIpc) is 3.19. The van der Waals surface area contributed by atoms with Crippen LogP contribution in [0.3, 0.4) is 0 Å². The molecule has 2 amide bonds. The zero-order valence-corrected chi connectivity index (χ0v) is 11.3. The van der Waals surface area contributed by atoms with E-state index in [0.717, 1.165) is 12.8 Å². The van der Waals surface area contributed by atoms with Gasteiger partial charge in [0, 0.05) is 12.5 Å².